The molecule has 10 nitrogen and oxygen atoms in total. The van der Waals surface area contributed by atoms with Crippen LogP contribution in [0.1, 0.15) is 12.8 Å². The fourth-order valence-corrected chi connectivity index (χ4v) is 3.52. The summed E-state index contributed by atoms with van der Waals surface area (Å²) in [4.78, 5) is 38.7. The van der Waals surface area contributed by atoms with Gasteiger partial charge in [0.05, 0.1) is 11.5 Å². The van der Waals surface area contributed by atoms with Crippen molar-refractivity contribution in [1.82, 2.24) is 14.0 Å². The molecule has 0 saturated carbocycles. The molecule has 1 aliphatic heterocycles. The molecule has 170 valence electrons. The summed E-state index contributed by atoms with van der Waals surface area (Å²) >= 11 is 0. The molecule has 11 heteroatoms. The molecular formula is C20H28ClN5O5. The van der Waals surface area contributed by atoms with E-state index in [9.17, 15) is 19.7 Å². The first kappa shape index (κ1) is 24.4. The van der Waals surface area contributed by atoms with Gasteiger partial charge in [0, 0.05) is 58.5 Å². The van der Waals surface area contributed by atoms with E-state index >= 15 is 0 Å². The van der Waals surface area contributed by atoms with Crippen LogP contribution in [-0.4, -0.2) is 58.3 Å². The zero-order valence-corrected chi connectivity index (χ0v) is 18.5. The van der Waals surface area contributed by atoms with Gasteiger partial charge in [0.2, 0.25) is 0 Å². The molecule has 2 aromatic rings. The van der Waals surface area contributed by atoms with Gasteiger partial charge in [-0.1, -0.05) is 0 Å². The van der Waals surface area contributed by atoms with Crippen LogP contribution in [0.5, 0.6) is 5.75 Å². The zero-order valence-electron chi connectivity index (χ0n) is 17.7. The summed E-state index contributed by atoms with van der Waals surface area (Å²) in [5.74, 6) is 1.30. The lowest BCUT2D eigenvalue weighted by Gasteiger charge is -2.36. The Morgan fingerprint density at radius 1 is 1.00 bits per heavy atom. The standard InChI is InChI=1S/C20H27N5O5.ClH/c1-21-18(15-19(26)22(2)20(21)27)24-12-10-23(11-13-24)9-3-4-14-30-17-7-5-16(6-8-17)25(28)29;/h5-8,15H,3-4,9-14H2,1-2H3;1H. The van der Waals surface area contributed by atoms with E-state index in [1.165, 1.54) is 29.8 Å². The van der Waals surface area contributed by atoms with Gasteiger partial charge in [-0.3, -0.25) is 28.9 Å². The Labute approximate surface area is 186 Å². The predicted molar refractivity (Wildman–Crippen MR) is 121 cm³/mol. The minimum atomic E-state index is -0.430. The maximum absolute atomic E-state index is 12.1. The van der Waals surface area contributed by atoms with Crippen LogP contribution >= 0.6 is 12.4 Å². The summed E-state index contributed by atoms with van der Waals surface area (Å²) in [6, 6.07) is 7.62. The summed E-state index contributed by atoms with van der Waals surface area (Å²) < 4.78 is 8.27. The van der Waals surface area contributed by atoms with Crippen LogP contribution in [0.25, 0.3) is 0 Å². The molecule has 0 atom stereocenters. The maximum Gasteiger partial charge on any atom is 0.332 e. The Morgan fingerprint density at radius 3 is 2.26 bits per heavy atom. The van der Waals surface area contributed by atoms with Gasteiger partial charge in [-0.2, -0.15) is 0 Å². The zero-order chi connectivity index (χ0) is 21.7. The molecule has 0 spiro atoms. The predicted octanol–water partition coefficient (Wildman–Crippen LogP) is 1.40. The number of ether oxygens (including phenoxy) is 1. The van der Waals surface area contributed by atoms with Crippen molar-refractivity contribution in [2.75, 3.05) is 44.2 Å². The summed E-state index contributed by atoms with van der Waals surface area (Å²) in [6.45, 7) is 4.78. The number of unbranched alkanes of at least 4 members (excludes halogenated alkanes) is 1. The van der Waals surface area contributed by atoms with Crippen LogP contribution in [-0.2, 0) is 14.1 Å². The molecule has 31 heavy (non-hydrogen) atoms. The van der Waals surface area contributed by atoms with E-state index < -0.39 is 4.92 Å². The first-order valence-corrected chi connectivity index (χ1v) is 9.98. The number of nitro benzene ring substituents is 1. The molecule has 1 aromatic heterocycles. The van der Waals surface area contributed by atoms with E-state index in [1.807, 2.05) is 0 Å². The molecule has 1 fully saturated rings. The van der Waals surface area contributed by atoms with Gasteiger partial charge < -0.3 is 9.64 Å². The molecule has 0 amide bonds. The molecule has 2 heterocycles. The molecule has 1 saturated heterocycles. The highest BCUT2D eigenvalue weighted by Gasteiger charge is 2.20. The van der Waals surface area contributed by atoms with E-state index in [1.54, 1.807) is 19.2 Å². The summed E-state index contributed by atoms with van der Waals surface area (Å²) in [5.41, 5.74) is -0.547. The number of hydrogen-bond donors (Lipinski definition) is 0. The number of anilines is 1. The number of rotatable bonds is 8. The SMILES string of the molecule is Cl.Cn1c(N2CCN(CCCCOc3ccc([N+](=O)[O-])cc3)CC2)cc(=O)n(C)c1=O. The first-order valence-electron chi connectivity index (χ1n) is 9.98. The second kappa shape index (κ2) is 11.0. The topological polar surface area (TPSA) is 103 Å². The summed E-state index contributed by atoms with van der Waals surface area (Å²) in [5, 5.41) is 10.6. The highest BCUT2D eigenvalue weighted by Crippen LogP contribution is 2.17. The Kier molecular flexibility index (Phi) is 8.64. The van der Waals surface area contributed by atoms with Crippen molar-refractivity contribution < 1.29 is 9.66 Å². The van der Waals surface area contributed by atoms with Crippen LogP contribution in [0.4, 0.5) is 11.5 Å². The third kappa shape index (κ3) is 6.08. The Morgan fingerprint density at radius 2 is 1.65 bits per heavy atom. The second-order valence-corrected chi connectivity index (χ2v) is 7.38. The van der Waals surface area contributed by atoms with Crippen molar-refractivity contribution in [2.24, 2.45) is 14.1 Å². The molecule has 1 aliphatic rings. The van der Waals surface area contributed by atoms with Gasteiger partial charge in [0.15, 0.2) is 0 Å². The Hall–Kier alpha value is -2.85. The highest BCUT2D eigenvalue weighted by atomic mass is 35.5. The van der Waals surface area contributed by atoms with Crippen molar-refractivity contribution in [3.05, 3.63) is 61.3 Å². The lowest BCUT2D eigenvalue weighted by molar-refractivity contribution is -0.384. The fraction of sp³-hybridized carbons (Fsp3) is 0.500. The monoisotopic (exact) mass is 453 g/mol. The third-order valence-corrected chi connectivity index (χ3v) is 5.38. The van der Waals surface area contributed by atoms with Gasteiger partial charge >= 0.3 is 5.69 Å². The van der Waals surface area contributed by atoms with Crippen LogP contribution in [0, 0.1) is 10.1 Å². The van der Waals surface area contributed by atoms with Crippen molar-refractivity contribution in [2.45, 2.75) is 12.8 Å². The number of halogens is 1. The van der Waals surface area contributed by atoms with E-state index in [4.69, 9.17) is 4.74 Å². The van der Waals surface area contributed by atoms with Gasteiger partial charge in [-0.25, -0.2) is 4.79 Å². The molecule has 0 aliphatic carbocycles. The summed E-state index contributed by atoms with van der Waals surface area (Å²) in [6.07, 6.45) is 1.87. The molecule has 1 aromatic carbocycles. The molecular weight excluding hydrogens is 426 g/mol. The maximum atomic E-state index is 12.1. The number of nitrogens with zero attached hydrogens (tertiary/aromatic N) is 5. The van der Waals surface area contributed by atoms with Gasteiger partial charge in [-0.05, 0) is 31.5 Å². The second-order valence-electron chi connectivity index (χ2n) is 7.38. The van der Waals surface area contributed by atoms with Crippen LogP contribution in [0.3, 0.4) is 0 Å². The quantitative estimate of drug-likeness (QED) is 0.338. The van der Waals surface area contributed by atoms with Crippen LogP contribution in [0.2, 0.25) is 0 Å². The molecule has 0 radical (unpaired) electrons. The number of nitro groups is 1. The van der Waals surface area contributed by atoms with E-state index in [0.29, 0.717) is 18.2 Å². The molecule has 0 bridgehead atoms. The van der Waals surface area contributed by atoms with Gasteiger partial charge in [0.1, 0.15) is 11.6 Å². The Bertz CT molecular complexity index is 997. The third-order valence-electron chi connectivity index (χ3n) is 5.38. The smallest absolute Gasteiger partial charge is 0.332 e. The highest BCUT2D eigenvalue weighted by molar-refractivity contribution is 5.85. The fourth-order valence-electron chi connectivity index (χ4n) is 3.52. The van der Waals surface area contributed by atoms with Crippen molar-refractivity contribution in [3.8, 4) is 5.75 Å². The molecule has 0 unspecified atom stereocenters. The largest absolute Gasteiger partial charge is 0.494 e. The summed E-state index contributed by atoms with van der Waals surface area (Å²) in [7, 11) is 3.17. The average Bonchev–Trinajstić information content (AvgIpc) is 2.75. The minimum absolute atomic E-state index is 0. The molecule has 3 rings (SSSR count). The van der Waals surface area contributed by atoms with Gasteiger partial charge in [0.25, 0.3) is 11.2 Å². The van der Waals surface area contributed by atoms with Crippen molar-refractivity contribution >= 4 is 23.9 Å². The van der Waals surface area contributed by atoms with E-state index in [-0.39, 0.29) is 29.3 Å². The normalized spacial score (nSPS) is 14.2. The van der Waals surface area contributed by atoms with Crippen LogP contribution < -0.4 is 20.9 Å². The lowest BCUT2D eigenvalue weighted by atomic mass is 10.2. The number of benzene rings is 1. The van der Waals surface area contributed by atoms with Crippen molar-refractivity contribution in [3.63, 3.8) is 0 Å². The first-order chi connectivity index (χ1) is 14.4. The number of piperazine rings is 1. The van der Waals surface area contributed by atoms with E-state index in [0.717, 1.165) is 50.1 Å². The van der Waals surface area contributed by atoms with Gasteiger partial charge in [-0.15, -0.1) is 12.4 Å². The Balaban J connectivity index is 0.00000341. The average molecular weight is 454 g/mol. The van der Waals surface area contributed by atoms with E-state index in [2.05, 4.69) is 9.80 Å². The number of non-ortho nitro benzene ring substituents is 1. The number of hydrogen-bond acceptors (Lipinski definition) is 7. The van der Waals surface area contributed by atoms with Crippen LogP contribution in [0.15, 0.2) is 39.9 Å². The lowest BCUT2D eigenvalue weighted by Crippen LogP contribution is -2.49. The minimum Gasteiger partial charge on any atom is -0.494 e. The van der Waals surface area contributed by atoms with Crippen molar-refractivity contribution in [1.29, 1.82) is 0 Å². The molecule has 0 N–H and O–H groups in total. The number of aromatic nitrogens is 2.